The fourth-order valence-electron chi connectivity index (χ4n) is 2.36. The second-order valence-corrected chi connectivity index (χ2v) is 5.12. The largest absolute Gasteiger partial charge is 0.381 e. The van der Waals surface area contributed by atoms with E-state index in [0.717, 1.165) is 44.8 Å². The van der Waals surface area contributed by atoms with Gasteiger partial charge < -0.3 is 15.0 Å². The minimum atomic E-state index is 0.0545. The molecule has 0 bridgehead atoms. The number of carbonyl (C=O) groups is 1. The third kappa shape index (κ3) is 3.70. The van der Waals surface area contributed by atoms with Gasteiger partial charge in [0.15, 0.2) is 0 Å². The summed E-state index contributed by atoms with van der Waals surface area (Å²) in [5.74, 6) is 0.817. The van der Waals surface area contributed by atoms with Crippen LogP contribution in [0.2, 0.25) is 0 Å². The summed E-state index contributed by atoms with van der Waals surface area (Å²) in [4.78, 5) is 18.6. The molecule has 2 heterocycles. The van der Waals surface area contributed by atoms with Crippen molar-refractivity contribution in [3.8, 4) is 0 Å². The van der Waals surface area contributed by atoms with Crippen LogP contribution in [-0.2, 0) is 4.74 Å². The molecule has 5 nitrogen and oxygen atoms in total. The van der Waals surface area contributed by atoms with Gasteiger partial charge in [-0.25, -0.2) is 4.98 Å². The van der Waals surface area contributed by atoms with Gasteiger partial charge in [-0.15, -0.1) is 0 Å². The number of carbonyl (C=O) groups excluding carboxylic acids is 1. The Labute approximate surface area is 120 Å². The van der Waals surface area contributed by atoms with E-state index in [1.54, 1.807) is 12.3 Å². The first-order valence-corrected chi connectivity index (χ1v) is 7.27. The maximum absolute atomic E-state index is 12.5. The fraction of sp³-hybridized carbons (Fsp3) is 0.600. The smallest absolute Gasteiger partial charge is 0.254 e. The average molecular weight is 277 g/mol. The van der Waals surface area contributed by atoms with Crippen LogP contribution in [0.4, 0.5) is 5.82 Å². The number of hydrogen-bond donors (Lipinski definition) is 1. The van der Waals surface area contributed by atoms with Crippen LogP contribution in [0.15, 0.2) is 18.3 Å². The SMILES string of the molecule is CCCNc1cc(C(=O)N(C)C2CCOCC2)ccn1. The summed E-state index contributed by atoms with van der Waals surface area (Å²) in [5.41, 5.74) is 0.688. The minimum absolute atomic E-state index is 0.0545. The molecule has 0 saturated carbocycles. The Bertz CT molecular complexity index is 444. The Morgan fingerprint density at radius 1 is 1.50 bits per heavy atom. The molecule has 0 spiro atoms. The van der Waals surface area contributed by atoms with E-state index in [1.165, 1.54) is 0 Å². The molecule has 1 aromatic heterocycles. The topological polar surface area (TPSA) is 54.5 Å². The van der Waals surface area contributed by atoms with Gasteiger partial charge in [-0.2, -0.15) is 0 Å². The van der Waals surface area contributed by atoms with Crippen molar-refractivity contribution in [1.29, 1.82) is 0 Å². The van der Waals surface area contributed by atoms with Crippen LogP contribution in [0.3, 0.4) is 0 Å². The molecule has 0 radical (unpaired) electrons. The normalized spacial score (nSPS) is 15.9. The Balaban J connectivity index is 2.03. The first-order chi connectivity index (χ1) is 9.72. The molecule has 0 aliphatic carbocycles. The number of rotatable bonds is 5. The molecule has 5 heteroatoms. The molecule has 1 N–H and O–H groups in total. The van der Waals surface area contributed by atoms with E-state index in [9.17, 15) is 4.79 Å². The van der Waals surface area contributed by atoms with Crippen molar-refractivity contribution in [3.05, 3.63) is 23.9 Å². The van der Waals surface area contributed by atoms with Gasteiger partial charge in [0, 0.05) is 44.6 Å². The number of amides is 1. The summed E-state index contributed by atoms with van der Waals surface area (Å²) in [6, 6.07) is 3.87. The molecule has 20 heavy (non-hydrogen) atoms. The number of hydrogen-bond acceptors (Lipinski definition) is 4. The van der Waals surface area contributed by atoms with Gasteiger partial charge in [0.1, 0.15) is 5.82 Å². The van der Waals surface area contributed by atoms with Gasteiger partial charge in [0.05, 0.1) is 0 Å². The highest BCUT2D eigenvalue weighted by Crippen LogP contribution is 2.16. The fourth-order valence-corrected chi connectivity index (χ4v) is 2.36. The zero-order valence-electron chi connectivity index (χ0n) is 12.3. The van der Waals surface area contributed by atoms with Crippen LogP contribution in [0.5, 0.6) is 0 Å². The van der Waals surface area contributed by atoms with Crippen molar-refractivity contribution in [2.24, 2.45) is 0 Å². The first-order valence-electron chi connectivity index (χ1n) is 7.27. The molecule has 2 rings (SSSR count). The van der Waals surface area contributed by atoms with Crippen molar-refractivity contribution in [3.63, 3.8) is 0 Å². The first kappa shape index (κ1) is 14.8. The maximum Gasteiger partial charge on any atom is 0.254 e. The molecule has 0 unspecified atom stereocenters. The van der Waals surface area contributed by atoms with E-state index in [0.29, 0.717) is 5.56 Å². The summed E-state index contributed by atoms with van der Waals surface area (Å²) in [7, 11) is 1.87. The third-order valence-corrected chi connectivity index (χ3v) is 3.62. The molecular formula is C15H23N3O2. The Hall–Kier alpha value is -1.62. The van der Waals surface area contributed by atoms with E-state index in [1.807, 2.05) is 18.0 Å². The van der Waals surface area contributed by atoms with E-state index in [2.05, 4.69) is 17.2 Å². The summed E-state index contributed by atoms with van der Waals surface area (Å²) >= 11 is 0. The lowest BCUT2D eigenvalue weighted by Gasteiger charge is -2.31. The van der Waals surface area contributed by atoms with Crippen LogP contribution in [-0.4, -0.2) is 48.6 Å². The highest BCUT2D eigenvalue weighted by Gasteiger charge is 2.23. The molecule has 1 aromatic rings. The van der Waals surface area contributed by atoms with E-state index in [4.69, 9.17) is 4.74 Å². The third-order valence-electron chi connectivity index (χ3n) is 3.62. The lowest BCUT2D eigenvalue weighted by Crippen LogP contribution is -2.40. The van der Waals surface area contributed by atoms with Gasteiger partial charge in [0.25, 0.3) is 5.91 Å². The highest BCUT2D eigenvalue weighted by molar-refractivity contribution is 5.94. The van der Waals surface area contributed by atoms with Crippen molar-refractivity contribution in [2.45, 2.75) is 32.2 Å². The van der Waals surface area contributed by atoms with E-state index < -0.39 is 0 Å². The predicted octanol–water partition coefficient (Wildman–Crippen LogP) is 2.15. The number of aromatic nitrogens is 1. The molecular weight excluding hydrogens is 254 g/mol. The number of ether oxygens (including phenoxy) is 1. The number of nitrogens with one attached hydrogen (secondary N) is 1. The second kappa shape index (κ2) is 7.24. The molecule has 1 saturated heterocycles. The van der Waals surface area contributed by atoms with Gasteiger partial charge >= 0.3 is 0 Å². The van der Waals surface area contributed by atoms with E-state index in [-0.39, 0.29) is 11.9 Å². The van der Waals surface area contributed by atoms with Crippen molar-refractivity contribution < 1.29 is 9.53 Å². The standard InChI is InChI=1S/C15H23N3O2/c1-3-7-16-14-11-12(4-8-17-14)15(19)18(2)13-5-9-20-10-6-13/h4,8,11,13H,3,5-7,9-10H2,1-2H3,(H,16,17). The van der Waals surface area contributed by atoms with E-state index >= 15 is 0 Å². The number of pyridine rings is 1. The Morgan fingerprint density at radius 2 is 2.25 bits per heavy atom. The van der Waals surface area contributed by atoms with Gasteiger partial charge in [-0.05, 0) is 31.4 Å². The van der Waals surface area contributed by atoms with Gasteiger partial charge in [-0.3, -0.25) is 4.79 Å². The number of anilines is 1. The summed E-state index contributed by atoms with van der Waals surface area (Å²) in [6.45, 7) is 4.44. The Morgan fingerprint density at radius 3 is 2.95 bits per heavy atom. The van der Waals surface area contributed by atoms with Crippen LogP contribution < -0.4 is 5.32 Å². The molecule has 0 aromatic carbocycles. The lowest BCUT2D eigenvalue weighted by molar-refractivity contribution is 0.0362. The Kier molecular flexibility index (Phi) is 5.35. The van der Waals surface area contributed by atoms with Crippen LogP contribution >= 0.6 is 0 Å². The summed E-state index contributed by atoms with van der Waals surface area (Å²) in [5, 5.41) is 3.21. The summed E-state index contributed by atoms with van der Waals surface area (Å²) < 4.78 is 5.34. The van der Waals surface area contributed by atoms with Gasteiger partial charge in [0.2, 0.25) is 0 Å². The maximum atomic E-state index is 12.5. The zero-order valence-corrected chi connectivity index (χ0v) is 12.3. The van der Waals surface area contributed by atoms with Crippen LogP contribution in [0.25, 0.3) is 0 Å². The predicted molar refractivity (Wildman–Crippen MR) is 79.0 cm³/mol. The molecule has 1 amide bonds. The minimum Gasteiger partial charge on any atom is -0.381 e. The molecule has 1 aliphatic rings. The molecule has 110 valence electrons. The summed E-state index contributed by atoms with van der Waals surface area (Å²) in [6.07, 6.45) is 4.54. The van der Waals surface area contributed by atoms with Crippen LogP contribution in [0, 0.1) is 0 Å². The van der Waals surface area contributed by atoms with Crippen molar-refractivity contribution in [1.82, 2.24) is 9.88 Å². The quantitative estimate of drug-likeness (QED) is 0.896. The zero-order chi connectivity index (χ0) is 14.4. The molecule has 1 aliphatic heterocycles. The molecule has 1 fully saturated rings. The van der Waals surface area contributed by atoms with Crippen molar-refractivity contribution >= 4 is 11.7 Å². The monoisotopic (exact) mass is 277 g/mol. The number of nitrogens with zero attached hydrogens (tertiary/aromatic N) is 2. The highest BCUT2D eigenvalue weighted by atomic mass is 16.5. The lowest BCUT2D eigenvalue weighted by atomic mass is 10.1. The van der Waals surface area contributed by atoms with Crippen LogP contribution in [0.1, 0.15) is 36.5 Å². The van der Waals surface area contributed by atoms with Crippen molar-refractivity contribution in [2.75, 3.05) is 32.1 Å². The second-order valence-electron chi connectivity index (χ2n) is 5.12. The molecule has 0 atom stereocenters. The van der Waals surface area contributed by atoms with Gasteiger partial charge in [-0.1, -0.05) is 6.92 Å². The average Bonchev–Trinajstić information content (AvgIpc) is 2.52.